The lowest BCUT2D eigenvalue weighted by molar-refractivity contribution is 0.0768. The minimum absolute atomic E-state index is 0.0207. The van der Waals surface area contributed by atoms with Gasteiger partial charge in [-0.05, 0) is 17.7 Å². The number of nitrogens with zero attached hydrogens (tertiary/aromatic N) is 4. The van der Waals surface area contributed by atoms with Gasteiger partial charge in [-0.15, -0.1) is 0 Å². The number of rotatable bonds is 5. The van der Waals surface area contributed by atoms with Gasteiger partial charge in [0.2, 0.25) is 0 Å². The molecule has 7 nitrogen and oxygen atoms in total. The van der Waals surface area contributed by atoms with Gasteiger partial charge in [-0.1, -0.05) is 42.5 Å². The first kappa shape index (κ1) is 17.7. The van der Waals surface area contributed by atoms with Crippen molar-refractivity contribution in [3.8, 4) is 0 Å². The average Bonchev–Trinajstić information content (AvgIpc) is 3.14. The number of fused-ring (bicyclic) bond motifs is 1. The second-order valence-electron chi connectivity index (χ2n) is 6.55. The third kappa shape index (κ3) is 3.55. The molecule has 0 fully saturated rings. The normalized spacial score (nSPS) is 10.9. The number of imidazole rings is 1. The lowest BCUT2D eigenvalue weighted by Gasteiger charge is -2.17. The second-order valence-corrected chi connectivity index (χ2v) is 6.55. The highest BCUT2D eigenvalue weighted by Crippen LogP contribution is 2.10. The molecule has 2 heterocycles. The summed E-state index contributed by atoms with van der Waals surface area (Å²) >= 11 is 0. The standard InChI is InChI=1S/C21H19N5O2/c1-25(14-18-22-11-12-26(18)13-15-7-3-2-4-8-15)21(28)19-23-17-10-6-5-9-16(17)20(27)24-19/h2-12H,13-14H2,1H3,(H,23,24,27). The van der Waals surface area contributed by atoms with Gasteiger partial charge in [-0.2, -0.15) is 0 Å². The lowest BCUT2D eigenvalue weighted by atomic mass is 10.2. The summed E-state index contributed by atoms with van der Waals surface area (Å²) in [7, 11) is 1.67. The third-order valence-corrected chi connectivity index (χ3v) is 4.54. The average molecular weight is 373 g/mol. The van der Waals surface area contributed by atoms with Crippen molar-refractivity contribution in [2.45, 2.75) is 13.1 Å². The van der Waals surface area contributed by atoms with E-state index in [1.807, 2.05) is 41.1 Å². The quantitative estimate of drug-likeness (QED) is 0.582. The molecule has 0 unspecified atom stereocenters. The predicted molar refractivity (Wildman–Crippen MR) is 106 cm³/mol. The van der Waals surface area contributed by atoms with E-state index < -0.39 is 0 Å². The molecule has 28 heavy (non-hydrogen) atoms. The van der Waals surface area contributed by atoms with Crippen LogP contribution in [0.4, 0.5) is 0 Å². The molecule has 0 aliphatic carbocycles. The van der Waals surface area contributed by atoms with Crippen molar-refractivity contribution in [2.75, 3.05) is 7.05 Å². The van der Waals surface area contributed by atoms with E-state index in [4.69, 9.17) is 0 Å². The summed E-state index contributed by atoms with van der Waals surface area (Å²) in [5.74, 6) is 0.410. The predicted octanol–water partition coefficient (Wildman–Crippen LogP) is 2.44. The van der Waals surface area contributed by atoms with Crippen LogP contribution in [-0.4, -0.2) is 37.4 Å². The zero-order chi connectivity index (χ0) is 19.5. The molecule has 4 aromatic rings. The van der Waals surface area contributed by atoms with Gasteiger partial charge in [-0.25, -0.2) is 9.97 Å². The summed E-state index contributed by atoms with van der Waals surface area (Å²) in [4.78, 5) is 37.8. The molecule has 0 aliphatic heterocycles. The van der Waals surface area contributed by atoms with E-state index in [2.05, 4.69) is 15.0 Å². The van der Waals surface area contributed by atoms with E-state index in [1.165, 1.54) is 4.90 Å². The minimum atomic E-state index is -0.364. The van der Waals surface area contributed by atoms with E-state index in [1.54, 1.807) is 37.5 Å². The maximum absolute atomic E-state index is 12.8. The van der Waals surface area contributed by atoms with Crippen LogP contribution in [0.15, 0.2) is 71.8 Å². The first-order valence-corrected chi connectivity index (χ1v) is 8.90. The Morgan fingerprint density at radius 1 is 1.11 bits per heavy atom. The molecular formula is C21H19N5O2. The molecule has 0 bridgehead atoms. The summed E-state index contributed by atoms with van der Waals surface area (Å²) in [5, 5.41) is 0.458. The fourth-order valence-corrected chi connectivity index (χ4v) is 3.07. The van der Waals surface area contributed by atoms with Crippen LogP contribution in [0.25, 0.3) is 10.9 Å². The lowest BCUT2D eigenvalue weighted by Crippen LogP contribution is -2.31. The Bertz CT molecular complexity index is 1180. The maximum Gasteiger partial charge on any atom is 0.289 e. The van der Waals surface area contributed by atoms with Crippen LogP contribution < -0.4 is 5.56 Å². The van der Waals surface area contributed by atoms with Crippen molar-refractivity contribution in [1.29, 1.82) is 0 Å². The molecular weight excluding hydrogens is 354 g/mol. The smallest absolute Gasteiger partial charge is 0.289 e. The van der Waals surface area contributed by atoms with Gasteiger partial charge < -0.3 is 14.5 Å². The number of para-hydroxylation sites is 1. The van der Waals surface area contributed by atoms with Gasteiger partial charge in [0.15, 0.2) is 5.82 Å². The van der Waals surface area contributed by atoms with Crippen LogP contribution in [0.5, 0.6) is 0 Å². The van der Waals surface area contributed by atoms with Gasteiger partial charge in [0, 0.05) is 26.0 Å². The Kier molecular flexibility index (Phi) is 4.72. The number of aromatic amines is 1. The zero-order valence-corrected chi connectivity index (χ0v) is 15.4. The van der Waals surface area contributed by atoms with Crippen LogP contribution in [-0.2, 0) is 13.1 Å². The number of carbonyl (C=O) groups excluding carboxylic acids is 1. The van der Waals surface area contributed by atoms with Crippen LogP contribution in [0.3, 0.4) is 0 Å². The molecule has 4 rings (SSSR count). The molecule has 0 saturated carbocycles. The maximum atomic E-state index is 12.8. The molecule has 0 atom stereocenters. The number of benzene rings is 2. The topological polar surface area (TPSA) is 83.9 Å². The van der Waals surface area contributed by atoms with Crippen molar-refractivity contribution >= 4 is 16.8 Å². The fraction of sp³-hybridized carbons (Fsp3) is 0.143. The molecule has 140 valence electrons. The molecule has 7 heteroatoms. The number of hydrogen-bond donors (Lipinski definition) is 1. The molecule has 1 N–H and O–H groups in total. The monoisotopic (exact) mass is 373 g/mol. The number of amides is 1. The van der Waals surface area contributed by atoms with Crippen molar-refractivity contribution in [1.82, 2.24) is 24.4 Å². The molecule has 0 radical (unpaired) electrons. The molecule has 0 aliphatic rings. The number of H-pyrrole nitrogens is 1. The Labute approximate surface area is 161 Å². The summed E-state index contributed by atoms with van der Waals surface area (Å²) in [6, 6.07) is 17.0. The summed E-state index contributed by atoms with van der Waals surface area (Å²) < 4.78 is 2.00. The highest BCUT2D eigenvalue weighted by Gasteiger charge is 2.18. The molecule has 1 amide bonds. The Balaban J connectivity index is 1.55. The van der Waals surface area contributed by atoms with E-state index in [-0.39, 0.29) is 17.3 Å². The number of aromatic nitrogens is 4. The molecule has 0 saturated heterocycles. The van der Waals surface area contributed by atoms with Crippen LogP contribution >= 0.6 is 0 Å². The van der Waals surface area contributed by atoms with E-state index >= 15 is 0 Å². The largest absolute Gasteiger partial charge is 0.332 e. The Morgan fingerprint density at radius 2 is 1.86 bits per heavy atom. The van der Waals surface area contributed by atoms with Crippen molar-refractivity contribution in [3.05, 3.63) is 94.6 Å². The van der Waals surface area contributed by atoms with Crippen molar-refractivity contribution in [2.24, 2.45) is 0 Å². The summed E-state index contributed by atoms with van der Waals surface area (Å²) in [6.45, 7) is 0.971. The fourth-order valence-electron chi connectivity index (χ4n) is 3.07. The summed E-state index contributed by atoms with van der Waals surface area (Å²) in [5.41, 5.74) is 1.32. The molecule has 0 spiro atoms. The first-order chi connectivity index (χ1) is 13.6. The second kappa shape index (κ2) is 7.48. The van der Waals surface area contributed by atoms with Crippen LogP contribution in [0, 0.1) is 0 Å². The Morgan fingerprint density at radius 3 is 2.68 bits per heavy atom. The van der Waals surface area contributed by atoms with Gasteiger partial charge >= 0.3 is 0 Å². The number of hydrogen-bond acceptors (Lipinski definition) is 4. The number of carbonyl (C=O) groups is 1. The van der Waals surface area contributed by atoms with E-state index in [0.29, 0.717) is 24.0 Å². The van der Waals surface area contributed by atoms with Crippen molar-refractivity contribution < 1.29 is 4.79 Å². The van der Waals surface area contributed by atoms with Crippen LogP contribution in [0.1, 0.15) is 22.0 Å². The third-order valence-electron chi connectivity index (χ3n) is 4.54. The molecule has 2 aromatic carbocycles. The number of nitrogens with one attached hydrogen (secondary N) is 1. The zero-order valence-electron chi connectivity index (χ0n) is 15.4. The highest BCUT2D eigenvalue weighted by atomic mass is 16.2. The van der Waals surface area contributed by atoms with Gasteiger partial charge in [0.25, 0.3) is 11.5 Å². The van der Waals surface area contributed by atoms with Crippen LogP contribution in [0.2, 0.25) is 0 Å². The first-order valence-electron chi connectivity index (χ1n) is 8.90. The van der Waals surface area contributed by atoms with E-state index in [9.17, 15) is 9.59 Å². The van der Waals surface area contributed by atoms with Gasteiger partial charge in [0.1, 0.15) is 5.82 Å². The Hall–Kier alpha value is -3.74. The van der Waals surface area contributed by atoms with Gasteiger partial charge in [-0.3, -0.25) is 9.59 Å². The SMILES string of the molecule is CN(Cc1nccn1Cc1ccccc1)C(=O)c1nc2ccccc2c(=O)[nH]1. The highest BCUT2D eigenvalue weighted by molar-refractivity contribution is 5.92. The minimum Gasteiger partial charge on any atom is -0.332 e. The summed E-state index contributed by atoms with van der Waals surface area (Å²) in [6.07, 6.45) is 3.60. The van der Waals surface area contributed by atoms with E-state index in [0.717, 1.165) is 11.4 Å². The molecule has 2 aromatic heterocycles. The van der Waals surface area contributed by atoms with Gasteiger partial charge in [0.05, 0.1) is 17.4 Å². The van der Waals surface area contributed by atoms with Crippen molar-refractivity contribution in [3.63, 3.8) is 0 Å².